The Morgan fingerprint density at radius 3 is 2.47 bits per heavy atom. The molecule has 0 spiro atoms. The molecule has 3 heteroatoms. The number of aliphatic imine (C=N–C) groups is 1. The average molecular weight is 249 g/mol. The molecule has 1 aliphatic rings. The molecular weight excluding hydrogens is 232 g/mol. The molecule has 90 valence electrons. The lowest BCUT2D eigenvalue weighted by Crippen LogP contribution is -2.33. The third kappa shape index (κ3) is 2.52. The fraction of sp³-hybridized carbons (Fsp3) is 0.357. The largest absolute Gasteiger partial charge is 0.310 e. The number of anilines is 1. The first kappa shape index (κ1) is 12.2. The fourth-order valence-corrected chi connectivity index (χ4v) is 2.20. The third-order valence-electron chi connectivity index (χ3n) is 2.85. The van der Waals surface area contributed by atoms with E-state index in [1.165, 1.54) is 11.3 Å². The van der Waals surface area contributed by atoms with E-state index in [0.717, 1.165) is 5.69 Å². The first-order valence-corrected chi connectivity index (χ1v) is 6.26. The molecule has 0 bridgehead atoms. The predicted molar refractivity (Wildman–Crippen MR) is 74.7 cm³/mol. The van der Waals surface area contributed by atoms with Gasteiger partial charge in [0.15, 0.2) is 0 Å². The molecule has 1 aromatic carbocycles. The van der Waals surface area contributed by atoms with Gasteiger partial charge in [-0.05, 0) is 31.1 Å². The Bertz CT molecular complexity index is 446. The first-order chi connectivity index (χ1) is 8.09. The molecule has 2 nitrogen and oxygen atoms in total. The molecular formula is C14H17ClN2. The van der Waals surface area contributed by atoms with Gasteiger partial charge in [-0.25, -0.2) is 0 Å². The smallest absolute Gasteiger partial charge is 0.201 e. The maximum Gasteiger partial charge on any atom is 0.201 e. The van der Waals surface area contributed by atoms with Crippen LogP contribution in [-0.4, -0.2) is 11.8 Å². The van der Waals surface area contributed by atoms with Gasteiger partial charge in [-0.15, -0.1) is 0 Å². The number of benzene rings is 1. The average Bonchev–Trinajstić information content (AvgIpc) is 2.30. The van der Waals surface area contributed by atoms with Crippen molar-refractivity contribution in [1.82, 2.24) is 0 Å². The number of allylic oxidation sites excluding steroid dienone is 2. The minimum absolute atomic E-state index is 0.347. The van der Waals surface area contributed by atoms with Crippen molar-refractivity contribution >= 4 is 23.5 Å². The summed E-state index contributed by atoms with van der Waals surface area (Å²) in [5, 5.41) is 0. The van der Waals surface area contributed by atoms with Gasteiger partial charge < -0.3 is 4.90 Å². The maximum absolute atomic E-state index is 6.28. The number of alkyl halides is 1. The minimum Gasteiger partial charge on any atom is -0.310 e. The summed E-state index contributed by atoms with van der Waals surface area (Å²) in [6, 6.07) is 8.36. The van der Waals surface area contributed by atoms with E-state index in [2.05, 4.69) is 54.9 Å². The van der Waals surface area contributed by atoms with Crippen LogP contribution in [0.3, 0.4) is 0 Å². The summed E-state index contributed by atoms with van der Waals surface area (Å²) >= 11 is 6.28. The Morgan fingerprint density at radius 2 is 1.88 bits per heavy atom. The van der Waals surface area contributed by atoms with Gasteiger partial charge in [0.25, 0.3) is 0 Å². The highest BCUT2D eigenvalue weighted by Gasteiger charge is 2.23. The highest BCUT2D eigenvalue weighted by Crippen LogP contribution is 2.30. The van der Waals surface area contributed by atoms with Gasteiger partial charge in [0, 0.05) is 17.6 Å². The lowest BCUT2D eigenvalue weighted by molar-refractivity contribution is 0.688. The fourth-order valence-electron chi connectivity index (χ4n) is 1.91. The Hall–Kier alpha value is -1.28. The molecule has 17 heavy (non-hydrogen) atoms. The molecule has 0 aromatic heterocycles. The Labute approximate surface area is 108 Å². The number of hydrogen-bond donors (Lipinski definition) is 0. The Kier molecular flexibility index (Phi) is 3.53. The van der Waals surface area contributed by atoms with Crippen LogP contribution in [0.25, 0.3) is 0 Å². The van der Waals surface area contributed by atoms with Crippen molar-refractivity contribution in [3.05, 3.63) is 41.6 Å². The Morgan fingerprint density at radius 1 is 1.24 bits per heavy atom. The lowest BCUT2D eigenvalue weighted by Gasteiger charge is -2.33. The van der Waals surface area contributed by atoms with Crippen molar-refractivity contribution in [2.75, 3.05) is 4.90 Å². The van der Waals surface area contributed by atoms with Gasteiger partial charge in [0.2, 0.25) is 5.62 Å². The molecule has 1 atom stereocenters. The second-order valence-corrected chi connectivity index (χ2v) is 4.95. The lowest BCUT2D eigenvalue weighted by atomic mass is 10.1. The standard InChI is InChI=1S/C14H17ClN2/c1-10(2)13-8-9-16-14(15)17(13)12-6-4-11(3)5-7-12/h4-10,14H,1-3H3. The van der Waals surface area contributed by atoms with Gasteiger partial charge >= 0.3 is 0 Å². The van der Waals surface area contributed by atoms with Crippen LogP contribution >= 0.6 is 11.6 Å². The van der Waals surface area contributed by atoms with Crippen molar-refractivity contribution in [3.8, 4) is 0 Å². The van der Waals surface area contributed by atoms with E-state index >= 15 is 0 Å². The van der Waals surface area contributed by atoms with Crippen LogP contribution < -0.4 is 4.90 Å². The van der Waals surface area contributed by atoms with Crippen LogP contribution in [0, 0.1) is 12.8 Å². The van der Waals surface area contributed by atoms with Gasteiger partial charge in [0.1, 0.15) is 0 Å². The van der Waals surface area contributed by atoms with E-state index in [-0.39, 0.29) is 5.62 Å². The summed E-state index contributed by atoms with van der Waals surface area (Å²) < 4.78 is 0. The quantitative estimate of drug-likeness (QED) is 0.572. The SMILES string of the molecule is Cc1ccc(N2C(C(C)C)=CC=NC2Cl)cc1. The van der Waals surface area contributed by atoms with E-state index in [9.17, 15) is 0 Å². The third-order valence-corrected chi connectivity index (χ3v) is 3.16. The predicted octanol–water partition coefficient (Wildman–Crippen LogP) is 3.95. The molecule has 0 N–H and O–H groups in total. The van der Waals surface area contributed by atoms with Gasteiger partial charge in [-0.3, -0.25) is 4.99 Å². The monoisotopic (exact) mass is 248 g/mol. The second-order valence-electron chi connectivity index (χ2n) is 4.56. The molecule has 0 radical (unpaired) electrons. The number of halogens is 1. The van der Waals surface area contributed by atoms with Crippen LogP contribution in [0.5, 0.6) is 0 Å². The molecule has 1 heterocycles. The van der Waals surface area contributed by atoms with E-state index < -0.39 is 0 Å². The number of hydrogen-bond acceptors (Lipinski definition) is 2. The molecule has 0 fully saturated rings. The van der Waals surface area contributed by atoms with Crippen LogP contribution in [0.1, 0.15) is 19.4 Å². The molecule has 0 amide bonds. The van der Waals surface area contributed by atoms with E-state index in [1.54, 1.807) is 6.21 Å². The highest BCUT2D eigenvalue weighted by atomic mass is 35.5. The summed E-state index contributed by atoms with van der Waals surface area (Å²) in [6.07, 6.45) is 3.82. The molecule has 0 saturated heterocycles. The minimum atomic E-state index is -0.347. The normalized spacial score (nSPS) is 19.7. The van der Waals surface area contributed by atoms with E-state index in [4.69, 9.17) is 11.6 Å². The van der Waals surface area contributed by atoms with Crippen LogP contribution in [0.4, 0.5) is 5.69 Å². The zero-order chi connectivity index (χ0) is 12.4. The van der Waals surface area contributed by atoms with Crippen LogP contribution in [0.2, 0.25) is 0 Å². The molecule has 0 aliphatic carbocycles. The van der Waals surface area contributed by atoms with Crippen molar-refractivity contribution < 1.29 is 0 Å². The summed E-state index contributed by atoms with van der Waals surface area (Å²) in [5.41, 5.74) is 3.19. The summed E-state index contributed by atoms with van der Waals surface area (Å²) in [7, 11) is 0. The van der Waals surface area contributed by atoms with Gasteiger partial charge in [-0.1, -0.05) is 43.1 Å². The van der Waals surface area contributed by atoms with E-state index in [1.807, 2.05) is 6.08 Å². The second kappa shape index (κ2) is 4.92. The molecule has 2 rings (SSSR count). The first-order valence-electron chi connectivity index (χ1n) is 5.83. The summed E-state index contributed by atoms with van der Waals surface area (Å²) in [5.74, 6) is 0.421. The molecule has 1 aromatic rings. The maximum atomic E-state index is 6.28. The number of aryl methyl sites for hydroxylation is 1. The molecule has 1 unspecified atom stereocenters. The topological polar surface area (TPSA) is 15.6 Å². The summed E-state index contributed by atoms with van der Waals surface area (Å²) in [4.78, 5) is 6.31. The Balaban J connectivity index is 2.38. The zero-order valence-corrected chi connectivity index (χ0v) is 11.1. The molecule has 1 aliphatic heterocycles. The van der Waals surface area contributed by atoms with Gasteiger partial charge in [0.05, 0.1) is 0 Å². The van der Waals surface area contributed by atoms with Crippen molar-refractivity contribution in [3.63, 3.8) is 0 Å². The van der Waals surface area contributed by atoms with Crippen molar-refractivity contribution in [2.45, 2.75) is 26.4 Å². The number of rotatable bonds is 2. The van der Waals surface area contributed by atoms with Crippen LogP contribution in [-0.2, 0) is 0 Å². The van der Waals surface area contributed by atoms with Crippen molar-refractivity contribution in [1.29, 1.82) is 0 Å². The zero-order valence-electron chi connectivity index (χ0n) is 10.4. The van der Waals surface area contributed by atoms with E-state index in [0.29, 0.717) is 5.92 Å². The van der Waals surface area contributed by atoms with Crippen LogP contribution in [0.15, 0.2) is 41.0 Å². The molecule has 0 saturated carbocycles. The number of nitrogens with zero attached hydrogens (tertiary/aromatic N) is 2. The van der Waals surface area contributed by atoms with Gasteiger partial charge in [-0.2, -0.15) is 0 Å². The highest BCUT2D eigenvalue weighted by molar-refractivity contribution is 6.22. The summed E-state index contributed by atoms with van der Waals surface area (Å²) in [6.45, 7) is 6.40. The van der Waals surface area contributed by atoms with Crippen molar-refractivity contribution in [2.24, 2.45) is 10.9 Å².